The predicted octanol–water partition coefficient (Wildman–Crippen LogP) is 1.44. The number of rotatable bonds is 2. The molecule has 1 aromatic rings. The van der Waals surface area contributed by atoms with Crippen LogP contribution in [0.4, 0.5) is 6.01 Å². The average Bonchev–Trinajstić information content (AvgIpc) is 2.98. The fraction of sp³-hybridized carbons (Fsp3) is 0.833. The van der Waals surface area contributed by atoms with Crippen LogP contribution in [0.1, 0.15) is 50.3 Å². The van der Waals surface area contributed by atoms with Gasteiger partial charge >= 0.3 is 6.01 Å². The lowest BCUT2D eigenvalue weighted by Crippen LogP contribution is -2.45. The van der Waals surface area contributed by atoms with E-state index in [2.05, 4.69) is 15.1 Å². The number of anilines is 1. The van der Waals surface area contributed by atoms with Gasteiger partial charge in [0.25, 0.3) is 0 Å². The summed E-state index contributed by atoms with van der Waals surface area (Å²) in [5, 5.41) is 18.1. The molecule has 3 heterocycles. The van der Waals surface area contributed by atoms with Gasteiger partial charge in [-0.1, -0.05) is 5.10 Å². The first-order valence-corrected chi connectivity index (χ1v) is 6.61. The number of hydrogen-bond acceptors (Lipinski definition) is 5. The van der Waals surface area contributed by atoms with E-state index < -0.39 is 0 Å². The molecule has 92 valence electrons. The topological polar surface area (TPSA) is 62.4 Å². The maximum Gasteiger partial charge on any atom is 0.318 e. The third kappa shape index (κ3) is 1.56. The molecule has 1 N–H and O–H groups in total. The monoisotopic (exact) mass is 235 g/mol. The lowest BCUT2D eigenvalue weighted by Gasteiger charge is -2.35. The minimum Gasteiger partial charge on any atom is -0.408 e. The van der Waals surface area contributed by atoms with E-state index in [1.165, 1.54) is 12.8 Å². The van der Waals surface area contributed by atoms with Gasteiger partial charge in [-0.2, -0.15) is 0 Å². The van der Waals surface area contributed by atoms with Crippen LogP contribution in [-0.4, -0.2) is 33.5 Å². The first kappa shape index (κ1) is 9.88. The van der Waals surface area contributed by atoms with Crippen LogP contribution in [0.5, 0.6) is 0 Å². The first-order chi connectivity index (χ1) is 8.31. The lowest BCUT2D eigenvalue weighted by molar-refractivity contribution is 0.124. The normalized spacial score (nSPS) is 36.5. The molecular formula is C12H17N3O2. The highest BCUT2D eigenvalue weighted by Crippen LogP contribution is 2.42. The first-order valence-electron chi connectivity index (χ1n) is 6.61. The molecule has 1 aliphatic carbocycles. The minimum atomic E-state index is -0.144. The highest BCUT2D eigenvalue weighted by Gasteiger charge is 2.43. The van der Waals surface area contributed by atoms with Crippen molar-refractivity contribution in [2.75, 3.05) is 4.90 Å². The van der Waals surface area contributed by atoms with E-state index in [9.17, 15) is 5.11 Å². The zero-order valence-corrected chi connectivity index (χ0v) is 9.75. The lowest BCUT2D eigenvalue weighted by atomic mass is 10.0. The molecule has 5 nitrogen and oxygen atoms in total. The number of hydrogen-bond donors (Lipinski definition) is 1. The number of aliphatic hydroxyl groups is 1. The highest BCUT2D eigenvalue weighted by atomic mass is 16.4. The summed E-state index contributed by atoms with van der Waals surface area (Å²) in [5.41, 5.74) is 0. The highest BCUT2D eigenvalue weighted by molar-refractivity contribution is 5.34. The van der Waals surface area contributed by atoms with Gasteiger partial charge < -0.3 is 14.4 Å². The van der Waals surface area contributed by atoms with E-state index in [0.717, 1.165) is 31.6 Å². The van der Waals surface area contributed by atoms with Crippen molar-refractivity contribution in [2.24, 2.45) is 0 Å². The third-order valence-electron chi connectivity index (χ3n) is 4.29. The fourth-order valence-corrected chi connectivity index (χ4v) is 3.29. The third-order valence-corrected chi connectivity index (χ3v) is 4.29. The van der Waals surface area contributed by atoms with Gasteiger partial charge in [-0.15, -0.1) is 5.10 Å². The van der Waals surface area contributed by atoms with Crippen LogP contribution in [0.3, 0.4) is 0 Å². The van der Waals surface area contributed by atoms with E-state index >= 15 is 0 Å². The second-order valence-corrected chi connectivity index (χ2v) is 5.61. The summed E-state index contributed by atoms with van der Waals surface area (Å²) in [6, 6.07) is 1.49. The molecule has 0 radical (unpaired) electrons. The number of piperidine rings is 1. The largest absolute Gasteiger partial charge is 0.408 e. The molecule has 0 aromatic carbocycles. The molecule has 0 spiro atoms. The van der Waals surface area contributed by atoms with Gasteiger partial charge in [-0.05, 0) is 38.5 Å². The van der Waals surface area contributed by atoms with Crippen LogP contribution >= 0.6 is 0 Å². The van der Waals surface area contributed by atoms with Crippen molar-refractivity contribution in [2.45, 2.75) is 62.6 Å². The summed E-state index contributed by atoms with van der Waals surface area (Å²) in [7, 11) is 0. The Labute approximate surface area is 99.8 Å². The predicted molar refractivity (Wildman–Crippen MR) is 60.8 cm³/mol. The molecule has 2 unspecified atom stereocenters. The average molecular weight is 235 g/mol. The Morgan fingerprint density at radius 1 is 1.06 bits per heavy atom. The minimum absolute atomic E-state index is 0.144. The van der Waals surface area contributed by atoms with E-state index in [1.54, 1.807) is 0 Å². The van der Waals surface area contributed by atoms with Crippen molar-refractivity contribution in [3.8, 4) is 0 Å². The van der Waals surface area contributed by atoms with Crippen molar-refractivity contribution in [3.63, 3.8) is 0 Å². The van der Waals surface area contributed by atoms with Gasteiger partial charge in [0.1, 0.15) is 0 Å². The smallest absolute Gasteiger partial charge is 0.318 e. The van der Waals surface area contributed by atoms with Crippen molar-refractivity contribution in [1.29, 1.82) is 0 Å². The van der Waals surface area contributed by atoms with Gasteiger partial charge in [0.15, 0.2) is 0 Å². The van der Waals surface area contributed by atoms with Crippen LogP contribution in [0.2, 0.25) is 0 Å². The summed E-state index contributed by atoms with van der Waals surface area (Å²) in [5.74, 6) is 1.33. The Hall–Kier alpha value is -1.10. The second kappa shape index (κ2) is 3.45. The number of aliphatic hydroxyl groups excluding tert-OH is 1. The maximum atomic E-state index is 9.76. The molecular weight excluding hydrogens is 218 g/mol. The van der Waals surface area contributed by atoms with E-state index in [-0.39, 0.29) is 6.10 Å². The van der Waals surface area contributed by atoms with E-state index in [1.807, 2.05) is 0 Å². The SMILES string of the molecule is OC1CC2CCC(C1)N2c1nnc(C2CC2)o1. The summed E-state index contributed by atoms with van der Waals surface area (Å²) in [6.07, 6.45) is 6.20. The van der Waals surface area contributed by atoms with Crippen molar-refractivity contribution in [3.05, 3.63) is 5.89 Å². The Morgan fingerprint density at radius 3 is 2.41 bits per heavy atom. The summed E-state index contributed by atoms with van der Waals surface area (Å²) < 4.78 is 5.79. The van der Waals surface area contributed by atoms with Crippen molar-refractivity contribution >= 4 is 6.01 Å². The van der Waals surface area contributed by atoms with Crippen LogP contribution in [-0.2, 0) is 0 Å². The molecule has 4 rings (SSSR count). The Morgan fingerprint density at radius 2 is 1.76 bits per heavy atom. The molecule has 2 aliphatic heterocycles. The molecule has 3 fully saturated rings. The molecule has 3 aliphatic rings. The standard InChI is InChI=1S/C12H17N3O2/c16-10-5-8-3-4-9(6-10)15(8)12-14-13-11(17-12)7-1-2-7/h7-10,16H,1-6H2. The van der Waals surface area contributed by atoms with Crippen LogP contribution in [0.25, 0.3) is 0 Å². The summed E-state index contributed by atoms with van der Waals surface area (Å²) in [4.78, 5) is 2.26. The summed E-state index contributed by atoms with van der Waals surface area (Å²) in [6.45, 7) is 0. The van der Waals surface area contributed by atoms with Gasteiger partial charge in [0, 0.05) is 18.0 Å². The van der Waals surface area contributed by atoms with Gasteiger partial charge in [0.05, 0.1) is 6.10 Å². The van der Waals surface area contributed by atoms with Crippen LogP contribution < -0.4 is 4.90 Å². The Kier molecular flexibility index (Phi) is 2.00. The zero-order chi connectivity index (χ0) is 11.4. The van der Waals surface area contributed by atoms with Crippen LogP contribution in [0, 0.1) is 0 Å². The molecule has 17 heavy (non-hydrogen) atoms. The van der Waals surface area contributed by atoms with Crippen molar-refractivity contribution in [1.82, 2.24) is 10.2 Å². The van der Waals surface area contributed by atoms with E-state index in [0.29, 0.717) is 24.0 Å². The molecule has 1 aromatic heterocycles. The molecule has 2 atom stereocenters. The molecule has 2 saturated heterocycles. The van der Waals surface area contributed by atoms with Gasteiger partial charge in [-0.25, -0.2) is 0 Å². The van der Waals surface area contributed by atoms with Crippen LogP contribution in [0.15, 0.2) is 4.42 Å². The Bertz CT molecular complexity index is 415. The van der Waals surface area contributed by atoms with E-state index in [4.69, 9.17) is 4.42 Å². The number of nitrogens with zero attached hydrogens (tertiary/aromatic N) is 3. The van der Waals surface area contributed by atoms with Gasteiger partial charge in [-0.3, -0.25) is 0 Å². The second-order valence-electron chi connectivity index (χ2n) is 5.61. The fourth-order valence-electron chi connectivity index (χ4n) is 3.29. The zero-order valence-electron chi connectivity index (χ0n) is 9.75. The molecule has 0 amide bonds. The quantitative estimate of drug-likeness (QED) is 0.840. The van der Waals surface area contributed by atoms with Crippen molar-refractivity contribution < 1.29 is 9.52 Å². The number of fused-ring (bicyclic) bond motifs is 2. The molecule has 1 saturated carbocycles. The molecule has 5 heteroatoms. The van der Waals surface area contributed by atoms with Gasteiger partial charge in [0.2, 0.25) is 5.89 Å². The molecule has 2 bridgehead atoms. The number of aromatic nitrogens is 2. The summed E-state index contributed by atoms with van der Waals surface area (Å²) >= 11 is 0. The maximum absolute atomic E-state index is 9.76. The Balaban J connectivity index is 1.61.